The van der Waals surface area contributed by atoms with Crippen molar-refractivity contribution in [3.05, 3.63) is 35.0 Å². The Morgan fingerprint density at radius 1 is 1.13 bits per heavy atom. The van der Waals surface area contributed by atoms with Gasteiger partial charge in [0.25, 0.3) is 0 Å². The maximum atomic E-state index is 9.56. The Labute approximate surface area is 138 Å². The quantitative estimate of drug-likeness (QED) is 0.854. The average Bonchev–Trinajstić information content (AvgIpc) is 2.53. The van der Waals surface area contributed by atoms with Crippen molar-refractivity contribution in [3.8, 4) is 6.07 Å². The van der Waals surface area contributed by atoms with E-state index in [4.69, 9.17) is 0 Å². The van der Waals surface area contributed by atoms with E-state index in [1.165, 1.54) is 11.1 Å². The molecule has 0 unspecified atom stereocenters. The fourth-order valence-corrected chi connectivity index (χ4v) is 3.53. The number of nitrogens with zero attached hydrogens (tertiary/aromatic N) is 4. The van der Waals surface area contributed by atoms with Crippen LogP contribution in [0.2, 0.25) is 0 Å². The van der Waals surface area contributed by atoms with Crippen LogP contribution in [-0.2, 0) is 0 Å². The van der Waals surface area contributed by atoms with Crippen molar-refractivity contribution in [2.24, 2.45) is 0 Å². The molecule has 120 valence electrons. The molecule has 1 fully saturated rings. The monoisotopic (exact) mass is 308 g/mol. The van der Waals surface area contributed by atoms with E-state index < -0.39 is 0 Å². The molecule has 1 aliphatic rings. The smallest absolute Gasteiger partial charge is 0.103 e. The molecule has 0 N–H and O–H groups in total. The van der Waals surface area contributed by atoms with Gasteiger partial charge in [-0.15, -0.1) is 0 Å². The molecule has 3 rings (SSSR count). The minimum atomic E-state index is 0.575. The van der Waals surface area contributed by atoms with Crippen molar-refractivity contribution in [2.75, 3.05) is 31.1 Å². The Kier molecular flexibility index (Phi) is 4.23. The lowest BCUT2D eigenvalue weighted by molar-refractivity contribution is 0.209. The van der Waals surface area contributed by atoms with Gasteiger partial charge in [0, 0.05) is 43.8 Å². The molecule has 1 saturated heterocycles. The zero-order valence-corrected chi connectivity index (χ0v) is 14.4. The second-order valence-electron chi connectivity index (χ2n) is 6.73. The molecule has 4 nitrogen and oxygen atoms in total. The molecule has 1 aromatic carbocycles. The third kappa shape index (κ3) is 2.89. The third-order valence-corrected chi connectivity index (χ3v) is 4.76. The highest BCUT2D eigenvalue weighted by atomic mass is 15.3. The molecule has 0 aliphatic carbocycles. The number of piperazine rings is 1. The van der Waals surface area contributed by atoms with Gasteiger partial charge in [0.15, 0.2) is 0 Å². The maximum absolute atomic E-state index is 9.56. The van der Waals surface area contributed by atoms with Gasteiger partial charge >= 0.3 is 0 Å². The van der Waals surface area contributed by atoms with Gasteiger partial charge in [0.05, 0.1) is 16.8 Å². The largest absolute Gasteiger partial charge is 0.367 e. The van der Waals surface area contributed by atoms with Crippen LogP contribution in [0.4, 0.5) is 5.69 Å². The predicted molar refractivity (Wildman–Crippen MR) is 94.9 cm³/mol. The highest BCUT2D eigenvalue weighted by Gasteiger charge is 2.23. The molecular formula is C19H24N4. The number of anilines is 1. The number of benzene rings is 1. The third-order valence-electron chi connectivity index (χ3n) is 4.76. The topological polar surface area (TPSA) is 43.2 Å². The number of rotatable bonds is 2. The standard InChI is InChI=1S/C19H24N4/c1-13(2)22-5-7-23(8-6-22)19-16(11-20)12-21-18-15(4)9-14(3)10-17(18)19/h9-10,12-13H,5-8H2,1-4H3. The van der Waals surface area contributed by atoms with E-state index >= 15 is 0 Å². The summed E-state index contributed by atoms with van der Waals surface area (Å²) < 4.78 is 0. The van der Waals surface area contributed by atoms with E-state index in [0.717, 1.165) is 42.8 Å². The van der Waals surface area contributed by atoms with Gasteiger partial charge in [0.1, 0.15) is 6.07 Å². The van der Waals surface area contributed by atoms with Gasteiger partial charge in [0.2, 0.25) is 0 Å². The van der Waals surface area contributed by atoms with Gasteiger partial charge in [-0.05, 0) is 39.3 Å². The molecule has 0 saturated carbocycles. The molecule has 0 bridgehead atoms. The van der Waals surface area contributed by atoms with Crippen LogP contribution in [0.1, 0.15) is 30.5 Å². The Morgan fingerprint density at radius 2 is 1.83 bits per heavy atom. The number of aryl methyl sites for hydroxylation is 2. The molecule has 0 atom stereocenters. The second kappa shape index (κ2) is 6.17. The SMILES string of the molecule is Cc1cc(C)c2ncc(C#N)c(N3CCN(C(C)C)CC3)c2c1. The van der Waals surface area contributed by atoms with Crippen molar-refractivity contribution < 1.29 is 0 Å². The van der Waals surface area contributed by atoms with E-state index in [9.17, 15) is 5.26 Å². The summed E-state index contributed by atoms with van der Waals surface area (Å²) in [4.78, 5) is 9.38. The van der Waals surface area contributed by atoms with Crippen LogP contribution in [0, 0.1) is 25.2 Å². The van der Waals surface area contributed by atoms with Gasteiger partial charge in [-0.25, -0.2) is 0 Å². The summed E-state index contributed by atoms with van der Waals surface area (Å²) in [5, 5.41) is 10.7. The van der Waals surface area contributed by atoms with E-state index in [1.807, 2.05) is 0 Å². The highest BCUT2D eigenvalue weighted by Crippen LogP contribution is 2.32. The first-order chi connectivity index (χ1) is 11.0. The van der Waals surface area contributed by atoms with Crippen LogP contribution in [0.3, 0.4) is 0 Å². The lowest BCUT2D eigenvalue weighted by Crippen LogP contribution is -2.49. The Balaban J connectivity index is 2.08. The molecule has 0 spiro atoms. The molecule has 2 heterocycles. The second-order valence-corrected chi connectivity index (χ2v) is 6.73. The Morgan fingerprint density at radius 3 is 2.43 bits per heavy atom. The van der Waals surface area contributed by atoms with Crippen LogP contribution < -0.4 is 4.90 Å². The predicted octanol–water partition coefficient (Wildman–Crippen LogP) is 3.25. The van der Waals surface area contributed by atoms with Crippen molar-refractivity contribution in [3.63, 3.8) is 0 Å². The normalized spacial score (nSPS) is 16.1. The van der Waals surface area contributed by atoms with Crippen LogP contribution in [-0.4, -0.2) is 42.1 Å². The number of hydrogen-bond donors (Lipinski definition) is 0. The fraction of sp³-hybridized carbons (Fsp3) is 0.474. The first-order valence-corrected chi connectivity index (χ1v) is 8.30. The number of nitriles is 1. The first kappa shape index (κ1) is 15.8. The summed E-state index contributed by atoms with van der Waals surface area (Å²) in [7, 11) is 0. The average molecular weight is 308 g/mol. The van der Waals surface area contributed by atoms with E-state index in [0.29, 0.717) is 11.6 Å². The van der Waals surface area contributed by atoms with E-state index in [1.54, 1.807) is 6.20 Å². The summed E-state index contributed by atoms with van der Waals surface area (Å²) in [5.41, 5.74) is 5.14. The molecule has 1 aliphatic heterocycles. The zero-order chi connectivity index (χ0) is 16.6. The van der Waals surface area contributed by atoms with Gasteiger partial charge < -0.3 is 4.90 Å². The Hall–Kier alpha value is -2.12. The fourth-order valence-electron chi connectivity index (χ4n) is 3.53. The van der Waals surface area contributed by atoms with Crippen molar-refractivity contribution >= 4 is 16.6 Å². The van der Waals surface area contributed by atoms with Crippen LogP contribution in [0.25, 0.3) is 10.9 Å². The van der Waals surface area contributed by atoms with Crippen molar-refractivity contribution in [1.29, 1.82) is 5.26 Å². The van der Waals surface area contributed by atoms with Gasteiger partial charge in [-0.2, -0.15) is 5.26 Å². The van der Waals surface area contributed by atoms with Crippen LogP contribution in [0.15, 0.2) is 18.3 Å². The maximum Gasteiger partial charge on any atom is 0.103 e. The lowest BCUT2D eigenvalue weighted by Gasteiger charge is -2.38. The van der Waals surface area contributed by atoms with Gasteiger partial charge in [-0.1, -0.05) is 11.6 Å². The molecular weight excluding hydrogens is 284 g/mol. The summed E-state index contributed by atoms with van der Waals surface area (Å²) >= 11 is 0. The minimum Gasteiger partial charge on any atom is -0.367 e. The summed E-state index contributed by atoms with van der Waals surface area (Å²) in [6.45, 7) is 12.7. The molecule has 0 amide bonds. The molecule has 23 heavy (non-hydrogen) atoms. The number of aromatic nitrogens is 1. The van der Waals surface area contributed by atoms with Gasteiger partial charge in [-0.3, -0.25) is 9.88 Å². The molecule has 1 aromatic heterocycles. The first-order valence-electron chi connectivity index (χ1n) is 8.30. The van der Waals surface area contributed by atoms with Crippen LogP contribution >= 0.6 is 0 Å². The van der Waals surface area contributed by atoms with E-state index in [-0.39, 0.29) is 0 Å². The summed E-state index contributed by atoms with van der Waals surface area (Å²) in [6, 6.07) is 7.24. The minimum absolute atomic E-state index is 0.575. The lowest BCUT2D eigenvalue weighted by atomic mass is 10.0. The van der Waals surface area contributed by atoms with Crippen LogP contribution in [0.5, 0.6) is 0 Å². The Bertz CT molecular complexity index is 765. The van der Waals surface area contributed by atoms with Crippen molar-refractivity contribution in [2.45, 2.75) is 33.7 Å². The molecule has 0 radical (unpaired) electrons. The number of pyridine rings is 1. The van der Waals surface area contributed by atoms with E-state index in [2.05, 4.69) is 60.7 Å². The summed E-state index contributed by atoms with van der Waals surface area (Å²) in [6.07, 6.45) is 1.73. The number of fused-ring (bicyclic) bond motifs is 1. The summed E-state index contributed by atoms with van der Waals surface area (Å²) in [5.74, 6) is 0. The number of hydrogen-bond acceptors (Lipinski definition) is 4. The van der Waals surface area contributed by atoms with Crippen molar-refractivity contribution in [1.82, 2.24) is 9.88 Å². The molecule has 2 aromatic rings. The highest BCUT2D eigenvalue weighted by molar-refractivity contribution is 5.96. The molecule has 4 heteroatoms. The zero-order valence-electron chi connectivity index (χ0n) is 14.4.